The number of hydrogen-bond donors (Lipinski definition) is 1. The second-order valence-corrected chi connectivity index (χ2v) is 8.91. The Kier molecular flexibility index (Phi) is 4.76. The van der Waals surface area contributed by atoms with Crippen molar-refractivity contribution in [3.05, 3.63) is 57.6 Å². The molecule has 0 radical (unpaired) electrons. The van der Waals surface area contributed by atoms with Crippen LogP contribution >= 0.6 is 0 Å². The number of rotatable bonds is 5. The van der Waals surface area contributed by atoms with E-state index in [4.69, 9.17) is 9.47 Å². The Labute approximate surface area is 161 Å². The van der Waals surface area contributed by atoms with Gasteiger partial charge in [-0.2, -0.15) is 0 Å². The van der Waals surface area contributed by atoms with Crippen LogP contribution in [-0.4, -0.2) is 32.3 Å². The van der Waals surface area contributed by atoms with Crippen molar-refractivity contribution in [2.45, 2.75) is 24.3 Å². The zero-order valence-corrected chi connectivity index (χ0v) is 16.2. The average Bonchev–Trinajstić information content (AvgIpc) is 3.07. The van der Waals surface area contributed by atoms with Gasteiger partial charge in [0, 0.05) is 24.0 Å². The molecule has 1 aliphatic rings. The third-order valence-corrected chi connectivity index (χ3v) is 5.40. The normalized spacial score (nSPS) is 13.2. The molecule has 1 amide bonds. The van der Waals surface area contributed by atoms with Gasteiger partial charge in [0.05, 0.1) is 15.4 Å². The number of nitrogens with one attached hydrogen (secondary N) is 1. The number of hydrogen-bond acceptors (Lipinski definition) is 7. The van der Waals surface area contributed by atoms with E-state index in [-0.39, 0.29) is 17.3 Å². The predicted molar refractivity (Wildman–Crippen MR) is 99.3 cm³/mol. The number of ether oxygens (including phenoxy) is 2. The molecule has 0 aromatic heterocycles. The molecule has 0 unspecified atom stereocenters. The van der Waals surface area contributed by atoms with Gasteiger partial charge in [-0.25, -0.2) is 8.42 Å². The van der Waals surface area contributed by atoms with Gasteiger partial charge in [0.2, 0.25) is 6.79 Å². The highest BCUT2D eigenvalue weighted by atomic mass is 32.2. The Bertz CT molecular complexity index is 1080. The highest BCUT2D eigenvalue weighted by Crippen LogP contribution is 2.35. The third kappa shape index (κ3) is 3.91. The first kappa shape index (κ1) is 19.6. The number of non-ortho nitro benzene ring substituents is 1. The van der Waals surface area contributed by atoms with Crippen molar-refractivity contribution in [2.75, 3.05) is 13.0 Å². The van der Waals surface area contributed by atoms with Crippen LogP contribution in [0.25, 0.3) is 0 Å². The molecule has 1 heterocycles. The molecule has 0 spiro atoms. The van der Waals surface area contributed by atoms with E-state index in [2.05, 4.69) is 5.32 Å². The summed E-state index contributed by atoms with van der Waals surface area (Å²) in [5, 5.41) is 13.9. The number of sulfone groups is 1. The first-order valence-corrected chi connectivity index (χ1v) is 10.1. The standard InChI is InChI=1S/C18H18N2O7S/c1-18(2,12-4-5-15-16(8-12)27-10-26-15)19-17(21)11-6-13(20(22)23)9-14(7-11)28(3,24)25/h4-9H,10H2,1-3H3,(H,19,21). The number of nitro benzene ring substituents is 1. The van der Waals surface area contributed by atoms with Crippen molar-refractivity contribution in [3.8, 4) is 11.5 Å². The topological polar surface area (TPSA) is 125 Å². The van der Waals surface area contributed by atoms with Gasteiger partial charge in [-0.3, -0.25) is 14.9 Å². The van der Waals surface area contributed by atoms with E-state index in [1.165, 1.54) is 0 Å². The first-order valence-electron chi connectivity index (χ1n) is 8.19. The molecule has 0 bridgehead atoms. The summed E-state index contributed by atoms with van der Waals surface area (Å²) in [6.07, 6.45) is 0.921. The minimum absolute atomic E-state index is 0.119. The molecule has 0 saturated heterocycles. The molecule has 2 aromatic carbocycles. The van der Waals surface area contributed by atoms with Gasteiger partial charge < -0.3 is 14.8 Å². The van der Waals surface area contributed by atoms with E-state index in [1.54, 1.807) is 32.0 Å². The smallest absolute Gasteiger partial charge is 0.271 e. The molecule has 3 rings (SSSR count). The Balaban J connectivity index is 1.93. The van der Waals surface area contributed by atoms with Crippen molar-refractivity contribution in [1.29, 1.82) is 0 Å². The van der Waals surface area contributed by atoms with E-state index in [1.807, 2.05) is 0 Å². The summed E-state index contributed by atoms with van der Waals surface area (Å²) < 4.78 is 34.2. The molecule has 148 valence electrons. The van der Waals surface area contributed by atoms with Crippen LogP contribution in [0.5, 0.6) is 11.5 Å². The van der Waals surface area contributed by atoms with Gasteiger partial charge in [0.25, 0.3) is 11.6 Å². The van der Waals surface area contributed by atoms with Crippen molar-refractivity contribution in [2.24, 2.45) is 0 Å². The summed E-state index contributed by atoms with van der Waals surface area (Å²) in [6.45, 7) is 3.61. The van der Waals surface area contributed by atoms with Crippen LogP contribution in [0.1, 0.15) is 29.8 Å². The Hall–Kier alpha value is -3.14. The van der Waals surface area contributed by atoms with E-state index < -0.39 is 31.9 Å². The lowest BCUT2D eigenvalue weighted by atomic mass is 9.93. The van der Waals surface area contributed by atoms with Crippen LogP contribution in [0.3, 0.4) is 0 Å². The Morgan fingerprint density at radius 2 is 1.82 bits per heavy atom. The monoisotopic (exact) mass is 406 g/mol. The second kappa shape index (κ2) is 6.79. The molecule has 9 nitrogen and oxygen atoms in total. The summed E-state index contributed by atoms with van der Waals surface area (Å²) in [7, 11) is -3.73. The quantitative estimate of drug-likeness (QED) is 0.597. The molecule has 1 aliphatic heterocycles. The van der Waals surface area contributed by atoms with Gasteiger partial charge in [-0.1, -0.05) is 6.07 Å². The number of benzene rings is 2. The summed E-state index contributed by atoms with van der Waals surface area (Å²) in [5.41, 5.74) is -0.746. The van der Waals surface area contributed by atoms with Gasteiger partial charge in [0.15, 0.2) is 21.3 Å². The van der Waals surface area contributed by atoms with Crippen LogP contribution in [-0.2, 0) is 15.4 Å². The maximum absolute atomic E-state index is 12.7. The number of nitrogens with zero attached hydrogens (tertiary/aromatic N) is 1. The van der Waals surface area contributed by atoms with E-state index in [9.17, 15) is 23.3 Å². The van der Waals surface area contributed by atoms with Crippen LogP contribution in [0, 0.1) is 10.1 Å². The largest absolute Gasteiger partial charge is 0.454 e. The third-order valence-electron chi connectivity index (χ3n) is 4.31. The predicted octanol–water partition coefficient (Wildman–Crippen LogP) is 2.39. The van der Waals surface area contributed by atoms with E-state index in [0.717, 1.165) is 30.0 Å². The second-order valence-electron chi connectivity index (χ2n) is 6.89. The van der Waals surface area contributed by atoms with Crippen LogP contribution in [0.2, 0.25) is 0 Å². The van der Waals surface area contributed by atoms with Crippen molar-refractivity contribution in [1.82, 2.24) is 5.32 Å². The minimum atomic E-state index is -3.73. The Morgan fingerprint density at radius 1 is 1.14 bits per heavy atom. The summed E-state index contributed by atoms with van der Waals surface area (Å²) in [6, 6.07) is 8.31. The fraction of sp³-hybridized carbons (Fsp3) is 0.278. The van der Waals surface area contributed by atoms with Crippen molar-refractivity contribution in [3.63, 3.8) is 0 Å². The molecule has 0 aliphatic carbocycles. The molecule has 0 saturated carbocycles. The number of nitro groups is 1. The molecule has 1 N–H and O–H groups in total. The maximum Gasteiger partial charge on any atom is 0.271 e. The molecule has 10 heteroatoms. The van der Waals surface area contributed by atoms with Crippen LogP contribution in [0.15, 0.2) is 41.3 Å². The SMILES string of the molecule is CC(C)(NC(=O)c1cc([N+](=O)[O-])cc(S(C)(=O)=O)c1)c1ccc2c(c1)OCO2. The van der Waals surface area contributed by atoms with Crippen molar-refractivity contribution < 1.29 is 27.6 Å². The molecular formula is C18H18N2O7S. The van der Waals surface area contributed by atoms with Crippen LogP contribution in [0.4, 0.5) is 5.69 Å². The lowest BCUT2D eigenvalue weighted by Gasteiger charge is -2.27. The Morgan fingerprint density at radius 3 is 2.46 bits per heavy atom. The molecule has 0 atom stereocenters. The van der Waals surface area contributed by atoms with Crippen LogP contribution < -0.4 is 14.8 Å². The summed E-state index contributed by atoms with van der Waals surface area (Å²) >= 11 is 0. The summed E-state index contributed by atoms with van der Waals surface area (Å²) in [4.78, 5) is 22.8. The molecule has 0 fully saturated rings. The molecule has 28 heavy (non-hydrogen) atoms. The highest BCUT2D eigenvalue weighted by Gasteiger charge is 2.27. The lowest BCUT2D eigenvalue weighted by Crippen LogP contribution is -2.41. The average molecular weight is 406 g/mol. The summed E-state index contributed by atoms with van der Waals surface area (Å²) in [5.74, 6) is 0.508. The first-order chi connectivity index (χ1) is 13.0. The number of carbonyl (C=O) groups is 1. The van der Waals surface area contributed by atoms with Gasteiger partial charge in [-0.15, -0.1) is 0 Å². The fourth-order valence-electron chi connectivity index (χ4n) is 2.75. The van der Waals surface area contributed by atoms with E-state index in [0.29, 0.717) is 11.5 Å². The van der Waals surface area contributed by atoms with Crippen molar-refractivity contribution >= 4 is 21.4 Å². The highest BCUT2D eigenvalue weighted by molar-refractivity contribution is 7.90. The van der Waals surface area contributed by atoms with Gasteiger partial charge in [-0.05, 0) is 37.6 Å². The number of fused-ring (bicyclic) bond motifs is 1. The minimum Gasteiger partial charge on any atom is -0.454 e. The molecular weight excluding hydrogens is 388 g/mol. The van der Waals surface area contributed by atoms with Gasteiger partial charge >= 0.3 is 0 Å². The number of amides is 1. The van der Waals surface area contributed by atoms with Gasteiger partial charge in [0.1, 0.15) is 0 Å². The zero-order valence-electron chi connectivity index (χ0n) is 15.4. The zero-order chi connectivity index (χ0) is 20.7. The fourth-order valence-corrected chi connectivity index (χ4v) is 3.42. The lowest BCUT2D eigenvalue weighted by molar-refractivity contribution is -0.385. The number of carbonyl (C=O) groups excluding carboxylic acids is 1. The van der Waals surface area contributed by atoms with E-state index >= 15 is 0 Å². The molecule has 2 aromatic rings. The maximum atomic E-state index is 12.7.